The Morgan fingerprint density at radius 2 is 2.23 bits per heavy atom. The number of piperidine rings is 1. The number of hydrogen-bond donors (Lipinski definition) is 2. The molecule has 2 aliphatic rings. The Labute approximate surface area is 130 Å². The Bertz CT molecular complexity index is 556. The molecule has 1 saturated heterocycles. The van der Waals surface area contributed by atoms with Crippen LogP contribution in [0.4, 0.5) is 4.39 Å². The number of hydrogen-bond acceptors (Lipinski definition) is 3. The highest BCUT2D eigenvalue weighted by Gasteiger charge is 2.57. The third kappa shape index (κ3) is 3.09. The van der Waals surface area contributed by atoms with Gasteiger partial charge in [0.15, 0.2) is 11.6 Å². The highest BCUT2D eigenvalue weighted by Crippen LogP contribution is 2.58. The van der Waals surface area contributed by atoms with Gasteiger partial charge in [-0.3, -0.25) is 4.79 Å². The van der Waals surface area contributed by atoms with Gasteiger partial charge in [-0.2, -0.15) is 0 Å². The molecule has 120 valence electrons. The molecule has 1 saturated carbocycles. The summed E-state index contributed by atoms with van der Waals surface area (Å²) in [6.07, 6.45) is 3.87. The predicted molar refractivity (Wildman–Crippen MR) is 82.3 cm³/mol. The fraction of sp³-hybridized carbons (Fsp3) is 0.588. The van der Waals surface area contributed by atoms with E-state index in [1.165, 1.54) is 13.2 Å². The van der Waals surface area contributed by atoms with Crippen molar-refractivity contribution < 1.29 is 13.9 Å². The molecule has 4 nitrogen and oxygen atoms in total. The van der Waals surface area contributed by atoms with Crippen LogP contribution < -0.4 is 15.4 Å². The zero-order chi connectivity index (χ0) is 15.6. The van der Waals surface area contributed by atoms with Crippen LogP contribution >= 0.6 is 0 Å². The molecule has 2 fully saturated rings. The van der Waals surface area contributed by atoms with Gasteiger partial charge in [0, 0.05) is 12.5 Å². The number of nitrogens with one attached hydrogen (secondary N) is 2. The average molecular weight is 306 g/mol. The second kappa shape index (κ2) is 6.24. The van der Waals surface area contributed by atoms with E-state index >= 15 is 0 Å². The monoisotopic (exact) mass is 306 g/mol. The van der Waals surface area contributed by atoms with E-state index in [0.717, 1.165) is 37.9 Å². The van der Waals surface area contributed by atoms with Crippen LogP contribution in [0.15, 0.2) is 18.2 Å². The van der Waals surface area contributed by atoms with Crippen molar-refractivity contribution in [3.63, 3.8) is 0 Å². The standard InChI is InChI=1S/C17H23FN2O2/c1-22-15-3-2-12(10-14(15)18)4-7-20-16(21)13-11-17(13)5-8-19-9-6-17/h2-3,10,13,19H,4-9,11H2,1H3,(H,20,21). The molecule has 1 unspecified atom stereocenters. The van der Waals surface area contributed by atoms with E-state index in [-0.39, 0.29) is 28.8 Å². The van der Waals surface area contributed by atoms with E-state index < -0.39 is 0 Å². The van der Waals surface area contributed by atoms with Crippen LogP contribution in [-0.4, -0.2) is 32.7 Å². The number of amides is 1. The Balaban J connectivity index is 1.45. The predicted octanol–water partition coefficient (Wildman–Crippen LogP) is 1.88. The minimum absolute atomic E-state index is 0.163. The quantitative estimate of drug-likeness (QED) is 0.873. The van der Waals surface area contributed by atoms with Crippen LogP contribution in [0.2, 0.25) is 0 Å². The van der Waals surface area contributed by atoms with Crippen LogP contribution in [0, 0.1) is 17.2 Å². The van der Waals surface area contributed by atoms with Gasteiger partial charge in [-0.05, 0) is 61.9 Å². The summed E-state index contributed by atoms with van der Waals surface area (Å²) in [4.78, 5) is 12.2. The number of rotatable bonds is 5. The van der Waals surface area contributed by atoms with Gasteiger partial charge in [0.2, 0.25) is 5.91 Å². The number of methoxy groups -OCH3 is 1. The molecule has 1 spiro atoms. The van der Waals surface area contributed by atoms with Crippen LogP contribution in [-0.2, 0) is 11.2 Å². The summed E-state index contributed by atoms with van der Waals surface area (Å²) < 4.78 is 18.5. The lowest BCUT2D eigenvalue weighted by atomic mass is 9.92. The second-order valence-electron chi connectivity index (χ2n) is 6.38. The molecule has 2 N–H and O–H groups in total. The van der Waals surface area contributed by atoms with Crippen molar-refractivity contribution in [2.75, 3.05) is 26.7 Å². The Morgan fingerprint density at radius 1 is 1.45 bits per heavy atom. The van der Waals surface area contributed by atoms with Gasteiger partial charge in [-0.1, -0.05) is 6.07 Å². The summed E-state index contributed by atoms with van der Waals surface area (Å²) in [7, 11) is 1.45. The molecule has 0 aromatic heterocycles. The Kier molecular flexibility index (Phi) is 4.34. The van der Waals surface area contributed by atoms with E-state index in [9.17, 15) is 9.18 Å². The van der Waals surface area contributed by atoms with Gasteiger partial charge >= 0.3 is 0 Å². The van der Waals surface area contributed by atoms with Crippen LogP contribution in [0.3, 0.4) is 0 Å². The van der Waals surface area contributed by atoms with Gasteiger partial charge < -0.3 is 15.4 Å². The SMILES string of the molecule is COc1ccc(CCNC(=O)C2CC23CCNCC3)cc1F. The van der Waals surface area contributed by atoms with E-state index in [1.807, 2.05) is 6.07 Å². The molecular formula is C17H23FN2O2. The van der Waals surface area contributed by atoms with Crippen LogP contribution in [0.1, 0.15) is 24.8 Å². The van der Waals surface area contributed by atoms with Gasteiger partial charge in [0.05, 0.1) is 7.11 Å². The Hall–Kier alpha value is -1.62. The average Bonchev–Trinajstić information content (AvgIpc) is 3.21. The fourth-order valence-electron chi connectivity index (χ4n) is 3.51. The Morgan fingerprint density at radius 3 is 2.91 bits per heavy atom. The zero-order valence-electron chi connectivity index (χ0n) is 13.0. The number of carbonyl (C=O) groups is 1. The molecule has 22 heavy (non-hydrogen) atoms. The molecule has 0 bridgehead atoms. The van der Waals surface area contributed by atoms with Gasteiger partial charge in [0.1, 0.15) is 0 Å². The highest BCUT2D eigenvalue weighted by molar-refractivity contribution is 5.82. The molecule has 3 rings (SSSR count). The molecule has 1 amide bonds. The number of halogens is 1. The zero-order valence-corrected chi connectivity index (χ0v) is 13.0. The molecule has 0 radical (unpaired) electrons. The lowest BCUT2D eigenvalue weighted by Gasteiger charge is -2.23. The molecule has 1 atom stereocenters. The topological polar surface area (TPSA) is 50.4 Å². The maximum absolute atomic E-state index is 13.6. The van der Waals surface area contributed by atoms with Crippen molar-refractivity contribution in [3.05, 3.63) is 29.6 Å². The first-order valence-corrected chi connectivity index (χ1v) is 7.95. The van der Waals surface area contributed by atoms with Gasteiger partial charge in [-0.25, -0.2) is 4.39 Å². The second-order valence-corrected chi connectivity index (χ2v) is 6.38. The maximum atomic E-state index is 13.6. The van der Waals surface area contributed by atoms with Crippen molar-refractivity contribution >= 4 is 5.91 Å². The third-order valence-electron chi connectivity index (χ3n) is 5.03. The maximum Gasteiger partial charge on any atom is 0.223 e. The molecule has 1 aromatic carbocycles. The molecule has 1 aliphatic heterocycles. The summed E-state index contributed by atoms with van der Waals surface area (Å²) in [6.45, 7) is 2.60. The number of benzene rings is 1. The molecule has 5 heteroatoms. The van der Waals surface area contributed by atoms with Crippen molar-refractivity contribution in [1.82, 2.24) is 10.6 Å². The molecule has 1 aromatic rings. The van der Waals surface area contributed by atoms with E-state index in [4.69, 9.17) is 4.74 Å². The lowest BCUT2D eigenvalue weighted by Crippen LogP contribution is -2.34. The molecule has 1 heterocycles. The van der Waals surface area contributed by atoms with Crippen molar-refractivity contribution in [1.29, 1.82) is 0 Å². The van der Waals surface area contributed by atoms with Crippen molar-refractivity contribution in [2.45, 2.75) is 25.7 Å². The van der Waals surface area contributed by atoms with Crippen molar-refractivity contribution in [2.24, 2.45) is 11.3 Å². The summed E-state index contributed by atoms with van der Waals surface area (Å²) in [5, 5.41) is 6.34. The third-order valence-corrected chi connectivity index (χ3v) is 5.03. The minimum atomic E-state index is -0.359. The van der Waals surface area contributed by atoms with Gasteiger partial charge in [-0.15, -0.1) is 0 Å². The van der Waals surface area contributed by atoms with Crippen LogP contribution in [0.5, 0.6) is 5.75 Å². The molecular weight excluding hydrogens is 283 g/mol. The first-order chi connectivity index (χ1) is 10.6. The number of ether oxygens (including phenoxy) is 1. The normalized spacial score (nSPS) is 22.4. The molecule has 1 aliphatic carbocycles. The number of carbonyl (C=O) groups excluding carboxylic acids is 1. The summed E-state index contributed by atoms with van der Waals surface area (Å²) in [5.41, 5.74) is 1.13. The van der Waals surface area contributed by atoms with E-state index in [2.05, 4.69) is 10.6 Å². The summed E-state index contributed by atoms with van der Waals surface area (Å²) >= 11 is 0. The van der Waals surface area contributed by atoms with E-state index in [0.29, 0.717) is 13.0 Å². The highest BCUT2D eigenvalue weighted by atomic mass is 19.1. The minimum Gasteiger partial charge on any atom is -0.494 e. The largest absolute Gasteiger partial charge is 0.494 e. The van der Waals surface area contributed by atoms with E-state index in [1.54, 1.807) is 6.07 Å². The van der Waals surface area contributed by atoms with Gasteiger partial charge in [0.25, 0.3) is 0 Å². The first-order valence-electron chi connectivity index (χ1n) is 7.95. The smallest absolute Gasteiger partial charge is 0.223 e. The lowest BCUT2D eigenvalue weighted by molar-refractivity contribution is -0.123. The summed E-state index contributed by atoms with van der Waals surface area (Å²) in [5.74, 6) is 0.235. The van der Waals surface area contributed by atoms with Crippen molar-refractivity contribution in [3.8, 4) is 5.75 Å². The van der Waals surface area contributed by atoms with Crippen LogP contribution in [0.25, 0.3) is 0 Å². The summed E-state index contributed by atoms with van der Waals surface area (Å²) in [6, 6.07) is 4.92. The fourth-order valence-corrected chi connectivity index (χ4v) is 3.51. The first kappa shape index (κ1) is 15.3.